The summed E-state index contributed by atoms with van der Waals surface area (Å²) < 4.78 is 0. The Morgan fingerprint density at radius 2 is 1.95 bits per heavy atom. The van der Waals surface area contributed by atoms with Gasteiger partial charge in [-0.05, 0) is 17.7 Å². The standard InChI is InChI=1S/C15H24ClN3O/c1-11(2)17-9-12-6-7-13(8-14(12)16)19(5)10-15(20)18(3)4/h6-8,11,17H,9-10H2,1-5H3. The zero-order valence-electron chi connectivity index (χ0n) is 12.9. The van der Waals surface area contributed by atoms with E-state index < -0.39 is 0 Å². The molecule has 0 aliphatic heterocycles. The molecule has 0 unspecified atom stereocenters. The van der Waals surface area contributed by atoms with Gasteiger partial charge in [-0.1, -0.05) is 31.5 Å². The van der Waals surface area contributed by atoms with Crippen LogP contribution in [0.4, 0.5) is 5.69 Å². The van der Waals surface area contributed by atoms with Gasteiger partial charge in [0.1, 0.15) is 0 Å². The number of hydrogen-bond donors (Lipinski definition) is 1. The van der Waals surface area contributed by atoms with Crippen molar-refractivity contribution < 1.29 is 4.79 Å². The lowest BCUT2D eigenvalue weighted by Gasteiger charge is -2.22. The Labute approximate surface area is 126 Å². The van der Waals surface area contributed by atoms with Crippen molar-refractivity contribution in [2.75, 3.05) is 32.6 Å². The first-order valence-corrected chi connectivity index (χ1v) is 7.12. The number of halogens is 1. The number of nitrogens with one attached hydrogen (secondary N) is 1. The number of carbonyl (C=O) groups excluding carboxylic acids is 1. The number of hydrogen-bond acceptors (Lipinski definition) is 3. The summed E-state index contributed by atoms with van der Waals surface area (Å²) in [7, 11) is 5.40. The van der Waals surface area contributed by atoms with E-state index in [4.69, 9.17) is 11.6 Å². The fraction of sp³-hybridized carbons (Fsp3) is 0.533. The highest BCUT2D eigenvalue weighted by Crippen LogP contribution is 2.23. The molecule has 1 aromatic rings. The molecule has 0 saturated carbocycles. The van der Waals surface area contributed by atoms with Crippen molar-refractivity contribution >= 4 is 23.2 Å². The molecule has 0 bridgehead atoms. The van der Waals surface area contributed by atoms with E-state index in [0.29, 0.717) is 12.6 Å². The number of rotatable bonds is 6. The third-order valence-electron chi connectivity index (χ3n) is 3.05. The van der Waals surface area contributed by atoms with Crippen molar-refractivity contribution in [1.82, 2.24) is 10.2 Å². The lowest BCUT2D eigenvalue weighted by molar-refractivity contribution is -0.127. The topological polar surface area (TPSA) is 35.6 Å². The van der Waals surface area contributed by atoms with Crippen LogP contribution in [-0.2, 0) is 11.3 Å². The Hall–Kier alpha value is -1.26. The molecule has 1 aromatic carbocycles. The maximum Gasteiger partial charge on any atom is 0.241 e. The van der Waals surface area contributed by atoms with Gasteiger partial charge in [0.15, 0.2) is 0 Å². The van der Waals surface area contributed by atoms with Gasteiger partial charge in [0.2, 0.25) is 5.91 Å². The molecule has 0 atom stereocenters. The summed E-state index contributed by atoms with van der Waals surface area (Å²) in [6, 6.07) is 6.32. The molecule has 4 nitrogen and oxygen atoms in total. The molecule has 0 fully saturated rings. The summed E-state index contributed by atoms with van der Waals surface area (Å²) in [5.41, 5.74) is 2.01. The van der Waals surface area contributed by atoms with Crippen LogP contribution in [0.5, 0.6) is 0 Å². The van der Waals surface area contributed by atoms with Crippen LogP contribution in [0.1, 0.15) is 19.4 Å². The first-order valence-electron chi connectivity index (χ1n) is 6.74. The molecule has 0 heterocycles. The van der Waals surface area contributed by atoms with Crippen molar-refractivity contribution in [3.8, 4) is 0 Å². The van der Waals surface area contributed by atoms with Gasteiger partial charge in [0.05, 0.1) is 6.54 Å². The Bertz CT molecular complexity index is 460. The van der Waals surface area contributed by atoms with Crippen molar-refractivity contribution in [3.63, 3.8) is 0 Å². The van der Waals surface area contributed by atoms with E-state index >= 15 is 0 Å². The molecular weight excluding hydrogens is 274 g/mol. The van der Waals surface area contributed by atoms with E-state index in [1.807, 2.05) is 30.1 Å². The molecule has 1 N–H and O–H groups in total. The van der Waals surface area contributed by atoms with Crippen LogP contribution in [0.2, 0.25) is 5.02 Å². The first kappa shape index (κ1) is 16.8. The third-order valence-corrected chi connectivity index (χ3v) is 3.40. The fourth-order valence-electron chi connectivity index (χ4n) is 1.67. The maximum absolute atomic E-state index is 11.7. The Morgan fingerprint density at radius 1 is 1.30 bits per heavy atom. The highest BCUT2D eigenvalue weighted by atomic mass is 35.5. The van der Waals surface area contributed by atoms with Gasteiger partial charge < -0.3 is 15.1 Å². The van der Waals surface area contributed by atoms with Gasteiger partial charge >= 0.3 is 0 Å². The molecule has 0 aliphatic rings. The van der Waals surface area contributed by atoms with E-state index in [-0.39, 0.29) is 5.91 Å². The van der Waals surface area contributed by atoms with E-state index in [2.05, 4.69) is 19.2 Å². The molecule has 5 heteroatoms. The van der Waals surface area contributed by atoms with Gasteiger partial charge in [-0.2, -0.15) is 0 Å². The highest BCUT2D eigenvalue weighted by Gasteiger charge is 2.11. The SMILES string of the molecule is CC(C)NCc1ccc(N(C)CC(=O)N(C)C)cc1Cl. The molecule has 112 valence electrons. The molecule has 0 aliphatic carbocycles. The number of benzene rings is 1. The third kappa shape index (κ3) is 5.02. The zero-order chi connectivity index (χ0) is 15.3. The molecule has 1 amide bonds. The van der Waals surface area contributed by atoms with Gasteiger partial charge in [-0.25, -0.2) is 0 Å². The van der Waals surface area contributed by atoms with Crippen LogP contribution in [0.3, 0.4) is 0 Å². The summed E-state index contributed by atoms with van der Waals surface area (Å²) in [6.07, 6.45) is 0. The second-order valence-corrected chi connectivity index (χ2v) is 5.86. The Morgan fingerprint density at radius 3 is 2.45 bits per heavy atom. The quantitative estimate of drug-likeness (QED) is 0.875. The summed E-state index contributed by atoms with van der Waals surface area (Å²) in [5.74, 6) is 0.0640. The number of nitrogens with zero attached hydrogens (tertiary/aromatic N) is 2. The van der Waals surface area contributed by atoms with Crippen molar-refractivity contribution in [1.29, 1.82) is 0 Å². The summed E-state index contributed by atoms with van der Waals surface area (Å²) in [4.78, 5) is 15.2. The van der Waals surface area contributed by atoms with E-state index in [9.17, 15) is 4.79 Å². The normalized spacial score (nSPS) is 10.8. The van der Waals surface area contributed by atoms with E-state index in [1.54, 1.807) is 19.0 Å². The minimum atomic E-state index is 0.0640. The number of likely N-dealkylation sites (N-methyl/N-ethyl adjacent to an activating group) is 2. The van der Waals surface area contributed by atoms with Gasteiger partial charge in [-0.15, -0.1) is 0 Å². The van der Waals surface area contributed by atoms with Gasteiger partial charge in [0.25, 0.3) is 0 Å². The van der Waals surface area contributed by atoms with Crippen LogP contribution in [-0.4, -0.2) is 44.5 Å². The van der Waals surface area contributed by atoms with E-state index in [1.165, 1.54) is 0 Å². The summed E-state index contributed by atoms with van der Waals surface area (Å²) >= 11 is 6.29. The minimum Gasteiger partial charge on any atom is -0.365 e. The largest absolute Gasteiger partial charge is 0.365 e. The lowest BCUT2D eigenvalue weighted by Crippen LogP contribution is -2.34. The molecule has 0 radical (unpaired) electrons. The number of carbonyl (C=O) groups is 1. The molecular formula is C15H24ClN3O. The van der Waals surface area contributed by atoms with Gasteiger partial charge in [0, 0.05) is 44.4 Å². The number of anilines is 1. The molecule has 0 spiro atoms. The number of amides is 1. The second kappa shape index (κ2) is 7.50. The van der Waals surface area contributed by atoms with Crippen LogP contribution in [0.25, 0.3) is 0 Å². The van der Waals surface area contributed by atoms with Crippen LogP contribution < -0.4 is 10.2 Å². The van der Waals surface area contributed by atoms with Crippen LogP contribution in [0, 0.1) is 0 Å². The lowest BCUT2D eigenvalue weighted by atomic mass is 10.2. The Balaban J connectivity index is 2.73. The first-order chi connectivity index (χ1) is 9.31. The molecule has 0 saturated heterocycles. The molecule has 1 rings (SSSR count). The fourth-order valence-corrected chi connectivity index (χ4v) is 1.91. The van der Waals surface area contributed by atoms with Crippen molar-refractivity contribution in [3.05, 3.63) is 28.8 Å². The second-order valence-electron chi connectivity index (χ2n) is 5.46. The van der Waals surface area contributed by atoms with Crippen molar-refractivity contribution in [2.45, 2.75) is 26.4 Å². The molecule has 20 heavy (non-hydrogen) atoms. The smallest absolute Gasteiger partial charge is 0.241 e. The molecule has 0 aromatic heterocycles. The van der Waals surface area contributed by atoms with Crippen LogP contribution >= 0.6 is 11.6 Å². The van der Waals surface area contributed by atoms with Crippen LogP contribution in [0.15, 0.2) is 18.2 Å². The predicted octanol–water partition coefficient (Wildman–Crippen LogP) is 2.36. The maximum atomic E-state index is 11.7. The predicted molar refractivity (Wildman–Crippen MR) is 85.4 cm³/mol. The zero-order valence-corrected chi connectivity index (χ0v) is 13.7. The monoisotopic (exact) mass is 297 g/mol. The Kier molecular flexibility index (Phi) is 6.30. The summed E-state index contributed by atoms with van der Waals surface area (Å²) in [6.45, 7) is 5.29. The van der Waals surface area contributed by atoms with Crippen molar-refractivity contribution in [2.24, 2.45) is 0 Å². The van der Waals surface area contributed by atoms with Gasteiger partial charge in [-0.3, -0.25) is 4.79 Å². The average Bonchev–Trinajstić information content (AvgIpc) is 2.36. The van der Waals surface area contributed by atoms with E-state index in [0.717, 1.165) is 22.8 Å². The average molecular weight is 298 g/mol. The minimum absolute atomic E-state index is 0.0640. The summed E-state index contributed by atoms with van der Waals surface area (Å²) in [5, 5.41) is 4.06. The highest BCUT2D eigenvalue weighted by molar-refractivity contribution is 6.31.